The summed E-state index contributed by atoms with van der Waals surface area (Å²) in [6.45, 7) is 2.08. The van der Waals surface area contributed by atoms with Gasteiger partial charge in [0, 0.05) is 18.9 Å². The quantitative estimate of drug-likeness (QED) is 0.209. The summed E-state index contributed by atoms with van der Waals surface area (Å²) in [7, 11) is 1.50. The highest BCUT2D eigenvalue weighted by molar-refractivity contribution is 7.22. The van der Waals surface area contributed by atoms with Crippen LogP contribution in [0.5, 0.6) is 5.75 Å². The fourth-order valence-electron chi connectivity index (χ4n) is 3.17. The summed E-state index contributed by atoms with van der Waals surface area (Å²) in [5, 5.41) is 5.99. The minimum absolute atomic E-state index is 0.0184. The van der Waals surface area contributed by atoms with Crippen LogP contribution in [0.4, 0.5) is 33.4 Å². The van der Waals surface area contributed by atoms with Gasteiger partial charge in [0.05, 0.1) is 33.6 Å². The first-order chi connectivity index (χ1) is 16.7. The lowest BCUT2D eigenvalue weighted by Crippen LogP contribution is -2.14. The van der Waals surface area contributed by atoms with Crippen molar-refractivity contribution >= 4 is 54.8 Å². The van der Waals surface area contributed by atoms with Gasteiger partial charge in [0.15, 0.2) is 16.7 Å². The minimum atomic E-state index is -4.55. The summed E-state index contributed by atoms with van der Waals surface area (Å²) >= 11 is 1.98. The predicted octanol–water partition coefficient (Wildman–Crippen LogP) is 6.24. The second-order valence-electron chi connectivity index (χ2n) is 7.21. The Hall–Kier alpha value is -3.29. The van der Waals surface area contributed by atoms with Gasteiger partial charge in [-0.1, -0.05) is 17.4 Å². The van der Waals surface area contributed by atoms with Gasteiger partial charge in [-0.15, -0.1) is 0 Å². The standard InChI is InChI=1S/C22H18F4N4O3S2/c1-11-17(19(31)27-12-6-7-15(14(23)10-12)33-9-8-32-2)20(35-30-11)29-21-28-18-13(22(24,25)26)4-3-5-16(18)34-21/h3-7,10H,8-9H2,1-2H3,(H,27,31)(H,28,29). The monoisotopic (exact) mass is 526 g/mol. The molecule has 2 aromatic heterocycles. The number of carbonyl (C=O) groups excluding carboxylic acids is 1. The van der Waals surface area contributed by atoms with Gasteiger partial charge in [-0.3, -0.25) is 4.79 Å². The van der Waals surface area contributed by atoms with Crippen molar-refractivity contribution < 1.29 is 31.8 Å². The zero-order chi connectivity index (χ0) is 25.2. The average Bonchev–Trinajstić information content (AvgIpc) is 3.37. The Morgan fingerprint density at radius 2 is 1.97 bits per heavy atom. The van der Waals surface area contributed by atoms with Crippen molar-refractivity contribution in [3.63, 3.8) is 0 Å². The van der Waals surface area contributed by atoms with E-state index in [0.29, 0.717) is 22.0 Å². The molecule has 2 N–H and O–H groups in total. The van der Waals surface area contributed by atoms with Crippen LogP contribution in [0.3, 0.4) is 0 Å². The molecule has 0 spiro atoms. The van der Waals surface area contributed by atoms with Gasteiger partial charge in [0.2, 0.25) is 0 Å². The summed E-state index contributed by atoms with van der Waals surface area (Å²) in [6, 6.07) is 7.81. The zero-order valence-electron chi connectivity index (χ0n) is 18.3. The first-order valence-electron chi connectivity index (χ1n) is 10.1. The molecular weight excluding hydrogens is 508 g/mol. The molecular formula is C22H18F4N4O3S2. The van der Waals surface area contributed by atoms with E-state index in [9.17, 15) is 22.4 Å². The highest BCUT2D eigenvalue weighted by Crippen LogP contribution is 2.39. The Balaban J connectivity index is 1.54. The third kappa shape index (κ3) is 5.52. The molecule has 0 aliphatic heterocycles. The van der Waals surface area contributed by atoms with Crippen molar-refractivity contribution in [1.82, 2.24) is 9.36 Å². The number of amides is 1. The van der Waals surface area contributed by atoms with Crippen molar-refractivity contribution in [3.8, 4) is 5.75 Å². The molecule has 0 fully saturated rings. The highest BCUT2D eigenvalue weighted by atomic mass is 32.1. The lowest BCUT2D eigenvalue weighted by Gasteiger charge is -2.10. The number of aryl methyl sites for hydroxylation is 1. The molecule has 0 atom stereocenters. The number of nitrogens with zero attached hydrogens (tertiary/aromatic N) is 2. The van der Waals surface area contributed by atoms with E-state index in [1.807, 2.05) is 0 Å². The van der Waals surface area contributed by atoms with E-state index in [0.717, 1.165) is 35.0 Å². The molecule has 1 amide bonds. The van der Waals surface area contributed by atoms with Gasteiger partial charge < -0.3 is 20.1 Å². The summed E-state index contributed by atoms with van der Waals surface area (Å²) in [5.74, 6) is -1.21. The molecule has 0 bridgehead atoms. The van der Waals surface area contributed by atoms with Crippen LogP contribution in [0, 0.1) is 12.7 Å². The number of halogens is 4. The topological polar surface area (TPSA) is 85.4 Å². The molecule has 7 nitrogen and oxygen atoms in total. The number of hydrogen-bond donors (Lipinski definition) is 2. The first-order valence-corrected chi connectivity index (χ1v) is 11.7. The molecule has 4 rings (SSSR count). The number of thiazole rings is 1. The number of anilines is 3. The summed E-state index contributed by atoms with van der Waals surface area (Å²) in [5.41, 5.74) is -0.256. The van der Waals surface area contributed by atoms with Crippen LogP contribution in [0.2, 0.25) is 0 Å². The molecule has 0 radical (unpaired) electrons. The number of benzene rings is 2. The van der Waals surface area contributed by atoms with Crippen LogP contribution < -0.4 is 15.4 Å². The third-order valence-electron chi connectivity index (χ3n) is 4.77. The Kier molecular flexibility index (Phi) is 7.19. The van der Waals surface area contributed by atoms with Gasteiger partial charge in [-0.2, -0.15) is 17.5 Å². The molecule has 2 heterocycles. The largest absolute Gasteiger partial charge is 0.488 e. The zero-order valence-corrected chi connectivity index (χ0v) is 20.0. The Morgan fingerprint density at radius 3 is 2.69 bits per heavy atom. The number of ether oxygens (including phenoxy) is 2. The molecule has 0 aliphatic carbocycles. The second-order valence-corrected chi connectivity index (χ2v) is 9.01. The first kappa shape index (κ1) is 24.8. The van der Waals surface area contributed by atoms with E-state index >= 15 is 0 Å². The van der Waals surface area contributed by atoms with Gasteiger partial charge in [0.1, 0.15) is 11.6 Å². The second kappa shape index (κ2) is 10.1. The van der Waals surface area contributed by atoms with E-state index in [2.05, 4.69) is 20.0 Å². The van der Waals surface area contributed by atoms with E-state index in [1.54, 1.807) is 6.92 Å². The van der Waals surface area contributed by atoms with Crippen LogP contribution >= 0.6 is 22.9 Å². The van der Waals surface area contributed by atoms with Gasteiger partial charge >= 0.3 is 6.18 Å². The van der Waals surface area contributed by atoms with Crippen LogP contribution in [0.25, 0.3) is 10.2 Å². The number of hydrogen-bond acceptors (Lipinski definition) is 8. The molecule has 13 heteroatoms. The normalized spacial score (nSPS) is 11.6. The fourth-order valence-corrected chi connectivity index (χ4v) is 4.93. The molecule has 2 aromatic carbocycles. The summed E-state index contributed by atoms with van der Waals surface area (Å²) < 4.78 is 68.9. The maximum absolute atomic E-state index is 14.3. The van der Waals surface area contributed by atoms with E-state index in [4.69, 9.17) is 9.47 Å². The van der Waals surface area contributed by atoms with Crippen LogP contribution in [-0.2, 0) is 10.9 Å². The lowest BCUT2D eigenvalue weighted by molar-refractivity contribution is -0.136. The van der Waals surface area contributed by atoms with Crippen LogP contribution in [0.1, 0.15) is 21.6 Å². The van der Waals surface area contributed by atoms with Gasteiger partial charge in [-0.05, 0) is 42.7 Å². The van der Waals surface area contributed by atoms with Gasteiger partial charge in [0.25, 0.3) is 5.91 Å². The summed E-state index contributed by atoms with van der Waals surface area (Å²) in [4.78, 5) is 17.0. The highest BCUT2D eigenvalue weighted by Gasteiger charge is 2.34. The van der Waals surface area contributed by atoms with Crippen LogP contribution in [0.15, 0.2) is 36.4 Å². The van der Waals surface area contributed by atoms with Crippen molar-refractivity contribution in [2.75, 3.05) is 31.0 Å². The molecule has 4 aromatic rings. The number of carbonyl (C=O) groups is 1. The van der Waals surface area contributed by atoms with E-state index in [-0.39, 0.29) is 34.3 Å². The van der Waals surface area contributed by atoms with E-state index < -0.39 is 23.5 Å². The molecule has 0 saturated carbocycles. The van der Waals surface area contributed by atoms with E-state index in [1.165, 1.54) is 31.4 Å². The molecule has 184 valence electrons. The van der Waals surface area contributed by atoms with Crippen molar-refractivity contribution in [1.29, 1.82) is 0 Å². The van der Waals surface area contributed by atoms with Gasteiger partial charge in [-0.25, -0.2) is 9.37 Å². The number of nitrogens with one attached hydrogen (secondary N) is 2. The van der Waals surface area contributed by atoms with Crippen molar-refractivity contribution in [3.05, 3.63) is 59.0 Å². The Labute approximate surface area is 204 Å². The number of rotatable bonds is 8. The molecule has 0 unspecified atom stereocenters. The maximum Gasteiger partial charge on any atom is 0.418 e. The summed E-state index contributed by atoms with van der Waals surface area (Å²) in [6.07, 6.45) is -4.55. The molecule has 0 aliphatic rings. The number of fused-ring (bicyclic) bond motifs is 1. The average molecular weight is 527 g/mol. The SMILES string of the molecule is COCCOc1ccc(NC(=O)c2c(C)nsc2Nc2nc3c(C(F)(F)F)cccc3s2)cc1F. The smallest absolute Gasteiger partial charge is 0.418 e. The Morgan fingerprint density at radius 1 is 1.17 bits per heavy atom. The third-order valence-corrected chi connectivity index (χ3v) is 6.56. The minimum Gasteiger partial charge on any atom is -0.488 e. The number of aromatic nitrogens is 2. The Bertz CT molecular complexity index is 1370. The number of alkyl halides is 3. The molecule has 0 saturated heterocycles. The maximum atomic E-state index is 14.3. The van der Waals surface area contributed by atoms with Crippen molar-refractivity contribution in [2.24, 2.45) is 0 Å². The van der Waals surface area contributed by atoms with Crippen molar-refractivity contribution in [2.45, 2.75) is 13.1 Å². The van der Waals surface area contributed by atoms with Crippen LogP contribution in [-0.4, -0.2) is 35.6 Å². The lowest BCUT2D eigenvalue weighted by atomic mass is 10.2. The predicted molar refractivity (Wildman–Crippen MR) is 126 cm³/mol. The number of para-hydroxylation sites is 1. The molecule has 35 heavy (non-hydrogen) atoms. The number of methoxy groups -OCH3 is 1. The fraction of sp³-hybridized carbons (Fsp3) is 0.227.